The van der Waals surface area contributed by atoms with E-state index in [4.69, 9.17) is 4.74 Å². The molecule has 0 unspecified atom stereocenters. The van der Waals surface area contributed by atoms with Crippen molar-refractivity contribution in [3.63, 3.8) is 0 Å². The van der Waals surface area contributed by atoms with E-state index in [1.54, 1.807) is 0 Å². The van der Waals surface area contributed by atoms with Gasteiger partial charge in [-0.25, -0.2) is 0 Å². The first kappa shape index (κ1) is 36.9. The van der Waals surface area contributed by atoms with Crippen molar-refractivity contribution in [2.45, 2.75) is 110 Å². The Morgan fingerprint density at radius 1 is 0.465 bits per heavy atom. The van der Waals surface area contributed by atoms with Gasteiger partial charge in [0, 0.05) is 0 Å². The molecule has 0 aliphatic heterocycles. The third-order valence-corrected chi connectivity index (χ3v) is 8.69. The molecule has 2 aromatic rings. The summed E-state index contributed by atoms with van der Waals surface area (Å²) >= 11 is 0. The second-order valence-electron chi connectivity index (χ2n) is 13.9. The number of hydrogen-bond acceptors (Lipinski definition) is 3. The molecule has 5 nitrogen and oxygen atoms in total. The fourth-order valence-electron chi connectivity index (χ4n) is 5.74. The minimum atomic E-state index is 0.762. The number of rotatable bonds is 26. The van der Waals surface area contributed by atoms with E-state index in [1.165, 1.54) is 127 Å². The maximum absolute atomic E-state index is 5.97. The van der Waals surface area contributed by atoms with Crippen LogP contribution in [0.4, 0.5) is 11.4 Å². The van der Waals surface area contributed by atoms with Gasteiger partial charge in [-0.2, -0.15) is 10.2 Å². The van der Waals surface area contributed by atoms with Gasteiger partial charge < -0.3 is 13.7 Å². The maximum Gasteiger partial charge on any atom is 0.119 e. The van der Waals surface area contributed by atoms with E-state index >= 15 is 0 Å². The second kappa shape index (κ2) is 22.3. The topological polar surface area (TPSA) is 34.0 Å². The normalized spacial score (nSPS) is 12.3. The van der Waals surface area contributed by atoms with Crippen LogP contribution in [0.15, 0.2) is 64.8 Å². The summed E-state index contributed by atoms with van der Waals surface area (Å²) in [6, 6.07) is 17.7. The lowest BCUT2D eigenvalue weighted by molar-refractivity contribution is -0.891. The predicted molar refractivity (Wildman–Crippen MR) is 186 cm³/mol. The molecule has 0 radical (unpaired) electrons. The zero-order valence-electron chi connectivity index (χ0n) is 28.7. The predicted octanol–water partition coefficient (Wildman–Crippen LogP) is 10.9. The molecule has 2 aromatic carbocycles. The number of unbranched alkanes of at least 4 members (excludes halogenated alkanes) is 13. The summed E-state index contributed by atoms with van der Waals surface area (Å²) in [6.07, 6.45) is 22.0. The lowest BCUT2D eigenvalue weighted by Gasteiger charge is -2.31. The Kier molecular flexibility index (Phi) is 19.2. The van der Waals surface area contributed by atoms with Crippen molar-refractivity contribution in [3.8, 4) is 5.75 Å². The highest BCUT2D eigenvalue weighted by atomic mass is 16.5. The summed E-state index contributed by atoms with van der Waals surface area (Å²) in [5.41, 5.74) is 1.69. The van der Waals surface area contributed by atoms with Gasteiger partial charge in [0.1, 0.15) is 5.75 Å². The molecule has 0 atom stereocenters. The van der Waals surface area contributed by atoms with Crippen LogP contribution in [0.5, 0.6) is 5.75 Å². The summed E-state index contributed by atoms with van der Waals surface area (Å²) in [6.45, 7) is 8.22. The Bertz CT molecular complexity index is 956. The zero-order valence-corrected chi connectivity index (χ0v) is 28.7. The lowest BCUT2D eigenvalue weighted by atomic mass is 10.1. The Labute approximate surface area is 265 Å². The molecular formula is C38H66N4O+2. The van der Waals surface area contributed by atoms with Gasteiger partial charge in [-0.15, -0.1) is 0 Å². The van der Waals surface area contributed by atoms with Crippen molar-refractivity contribution < 1.29 is 13.7 Å². The second-order valence-corrected chi connectivity index (χ2v) is 13.9. The number of quaternary nitrogens is 2. The largest absolute Gasteiger partial charge is 0.494 e. The number of hydrogen-bond donors (Lipinski definition) is 0. The molecule has 0 heterocycles. The van der Waals surface area contributed by atoms with E-state index in [-0.39, 0.29) is 0 Å². The zero-order chi connectivity index (χ0) is 31.1. The van der Waals surface area contributed by atoms with Gasteiger partial charge in [0.25, 0.3) is 0 Å². The Morgan fingerprint density at radius 3 is 1.33 bits per heavy atom. The molecule has 0 bridgehead atoms. The summed E-state index contributed by atoms with van der Waals surface area (Å²) in [5, 5.41) is 8.57. The van der Waals surface area contributed by atoms with Crippen molar-refractivity contribution in [1.29, 1.82) is 0 Å². The molecule has 0 fully saturated rings. The quantitative estimate of drug-likeness (QED) is 0.0606. The molecule has 43 heavy (non-hydrogen) atoms. The van der Waals surface area contributed by atoms with Crippen LogP contribution in [0.2, 0.25) is 0 Å². The first-order chi connectivity index (χ1) is 20.8. The van der Waals surface area contributed by atoms with Gasteiger partial charge in [0.15, 0.2) is 0 Å². The molecular weight excluding hydrogens is 528 g/mol. The van der Waals surface area contributed by atoms with Crippen molar-refractivity contribution >= 4 is 11.4 Å². The van der Waals surface area contributed by atoms with Crippen LogP contribution >= 0.6 is 0 Å². The van der Waals surface area contributed by atoms with Crippen LogP contribution in [0, 0.1) is 0 Å². The highest BCUT2D eigenvalue weighted by Gasteiger charge is 2.16. The third kappa shape index (κ3) is 19.6. The minimum Gasteiger partial charge on any atom is -0.494 e. The van der Waals surface area contributed by atoms with Gasteiger partial charge >= 0.3 is 0 Å². The molecule has 0 spiro atoms. The molecule has 0 saturated carbocycles. The fraction of sp³-hybridized carbons (Fsp3) is 0.684. The van der Waals surface area contributed by atoms with E-state index in [2.05, 4.69) is 45.3 Å². The van der Waals surface area contributed by atoms with Gasteiger partial charge in [-0.05, 0) is 87.8 Å². The highest BCUT2D eigenvalue weighted by molar-refractivity contribution is 5.42. The van der Waals surface area contributed by atoms with Crippen molar-refractivity contribution in [3.05, 3.63) is 54.6 Å². The van der Waals surface area contributed by atoms with Crippen LogP contribution in [-0.4, -0.2) is 69.9 Å². The van der Waals surface area contributed by atoms with Crippen molar-refractivity contribution in [2.24, 2.45) is 10.2 Å². The first-order valence-corrected chi connectivity index (χ1v) is 17.6. The van der Waals surface area contributed by atoms with Crippen LogP contribution in [0.25, 0.3) is 0 Å². The molecule has 0 amide bonds. The summed E-state index contributed by atoms with van der Waals surface area (Å²) in [5.74, 6) is 0.901. The van der Waals surface area contributed by atoms with Gasteiger partial charge in [0.05, 0.1) is 72.4 Å². The van der Waals surface area contributed by atoms with Crippen LogP contribution < -0.4 is 4.74 Å². The summed E-state index contributed by atoms with van der Waals surface area (Å²) < 4.78 is 8.28. The maximum atomic E-state index is 5.97. The van der Waals surface area contributed by atoms with E-state index < -0.39 is 0 Å². The van der Waals surface area contributed by atoms with E-state index in [9.17, 15) is 0 Å². The van der Waals surface area contributed by atoms with Gasteiger partial charge in [-0.1, -0.05) is 76.5 Å². The van der Waals surface area contributed by atoms with Crippen molar-refractivity contribution in [1.82, 2.24) is 0 Å². The van der Waals surface area contributed by atoms with Crippen LogP contribution in [0.3, 0.4) is 0 Å². The molecule has 2 rings (SSSR count). The lowest BCUT2D eigenvalue weighted by Crippen LogP contribution is -2.41. The van der Waals surface area contributed by atoms with E-state index in [0.29, 0.717) is 0 Å². The standard InChI is InChI=1S/C38H66N4O/c1-6-7-8-9-10-11-12-13-14-20-31-41(2,3)32-21-15-16-22-33-42(4,5)34-23-24-35-43-38-29-27-37(28-30-38)40-39-36-25-18-17-19-26-36/h17-19,25-30H,6-16,20-24,31-35H2,1-5H3/q+2. The van der Waals surface area contributed by atoms with Crippen molar-refractivity contribution in [2.75, 3.05) is 61.0 Å². The number of ether oxygens (including phenoxy) is 1. The number of nitrogens with zero attached hydrogens (tertiary/aromatic N) is 4. The average molecular weight is 595 g/mol. The average Bonchev–Trinajstić information content (AvgIpc) is 2.99. The van der Waals surface area contributed by atoms with E-state index in [1.807, 2.05) is 54.6 Å². The smallest absolute Gasteiger partial charge is 0.119 e. The minimum absolute atomic E-state index is 0.762. The molecule has 242 valence electrons. The summed E-state index contributed by atoms with van der Waals surface area (Å²) in [7, 11) is 9.64. The molecule has 5 heteroatoms. The number of azo groups is 1. The van der Waals surface area contributed by atoms with Gasteiger partial charge in [0.2, 0.25) is 0 Å². The monoisotopic (exact) mass is 595 g/mol. The first-order valence-electron chi connectivity index (χ1n) is 17.6. The Morgan fingerprint density at radius 2 is 0.860 bits per heavy atom. The van der Waals surface area contributed by atoms with E-state index in [0.717, 1.165) is 34.6 Å². The Hall–Kier alpha value is -2.24. The van der Waals surface area contributed by atoms with Crippen LogP contribution in [-0.2, 0) is 0 Å². The fourth-order valence-corrected chi connectivity index (χ4v) is 5.74. The molecule has 0 aliphatic carbocycles. The SMILES string of the molecule is CCCCCCCCCCCC[N+](C)(C)CCCCCC[N+](C)(C)CCCCOc1ccc(N=Nc2ccccc2)cc1. The molecule has 0 N–H and O–H groups in total. The molecule has 0 saturated heterocycles. The summed E-state index contributed by atoms with van der Waals surface area (Å²) in [4.78, 5) is 0. The molecule has 0 aromatic heterocycles. The molecule has 0 aliphatic rings. The highest BCUT2D eigenvalue weighted by Crippen LogP contribution is 2.21. The number of benzene rings is 2. The van der Waals surface area contributed by atoms with Crippen LogP contribution in [0.1, 0.15) is 110 Å². The Balaban J connectivity index is 1.44. The third-order valence-electron chi connectivity index (χ3n) is 8.69. The van der Waals surface area contributed by atoms with Gasteiger partial charge in [-0.3, -0.25) is 0 Å².